The number of hydrogen-bond acceptors (Lipinski definition) is 3. The minimum atomic E-state index is -0.607. The highest BCUT2D eigenvalue weighted by molar-refractivity contribution is 7.99. The summed E-state index contributed by atoms with van der Waals surface area (Å²) in [5.74, 6) is -1.20. The first-order chi connectivity index (χ1) is 9.11. The molecule has 0 spiro atoms. The lowest BCUT2D eigenvalue weighted by Gasteiger charge is -1.99. The molecule has 3 N–H and O–H groups in total. The van der Waals surface area contributed by atoms with Gasteiger partial charge in [0.15, 0.2) is 5.16 Å². The number of nitrogens with two attached hydrogens (primary N) is 1. The van der Waals surface area contributed by atoms with E-state index in [1.807, 2.05) is 0 Å². The van der Waals surface area contributed by atoms with Crippen LogP contribution in [0.1, 0.15) is 0 Å². The Morgan fingerprint density at radius 3 is 2.74 bits per heavy atom. The first-order valence-corrected chi connectivity index (χ1v) is 6.31. The second-order valence-electron chi connectivity index (χ2n) is 4.00. The fourth-order valence-corrected chi connectivity index (χ4v) is 2.52. The maximum Gasteiger partial charge on any atom is 0.171 e. The Morgan fingerprint density at radius 2 is 1.95 bits per heavy atom. The zero-order chi connectivity index (χ0) is 13.4. The fraction of sp³-hybridized carbons (Fsp3) is 0. The van der Waals surface area contributed by atoms with Crippen LogP contribution in [0.3, 0.4) is 0 Å². The fourth-order valence-electron chi connectivity index (χ4n) is 1.71. The number of rotatable bonds is 2. The SMILES string of the molecule is Nc1ccc2nc(Sc3ccc(F)cc3F)[nH]c2c1. The zero-order valence-electron chi connectivity index (χ0n) is 9.65. The molecule has 6 heteroatoms. The molecule has 0 unspecified atom stereocenters. The van der Waals surface area contributed by atoms with Crippen molar-refractivity contribution in [3.8, 4) is 0 Å². The van der Waals surface area contributed by atoms with Gasteiger partial charge in [-0.2, -0.15) is 0 Å². The molecule has 3 aromatic rings. The maximum atomic E-state index is 13.5. The van der Waals surface area contributed by atoms with Crippen LogP contribution in [0.2, 0.25) is 0 Å². The average Bonchev–Trinajstić information content (AvgIpc) is 2.74. The van der Waals surface area contributed by atoms with Gasteiger partial charge in [-0.3, -0.25) is 0 Å². The molecule has 0 aliphatic heterocycles. The minimum Gasteiger partial charge on any atom is -0.399 e. The molecule has 2 aromatic carbocycles. The molecule has 0 fully saturated rings. The Labute approximate surface area is 111 Å². The van der Waals surface area contributed by atoms with Gasteiger partial charge in [0.1, 0.15) is 11.6 Å². The van der Waals surface area contributed by atoms with E-state index in [0.717, 1.165) is 28.9 Å². The number of H-pyrrole nitrogens is 1. The van der Waals surface area contributed by atoms with E-state index in [0.29, 0.717) is 15.7 Å². The third-order valence-electron chi connectivity index (χ3n) is 2.58. The molecule has 0 aliphatic rings. The molecule has 0 aliphatic carbocycles. The van der Waals surface area contributed by atoms with Gasteiger partial charge in [-0.05, 0) is 42.1 Å². The number of aromatic amines is 1. The Bertz CT molecular complexity index is 755. The van der Waals surface area contributed by atoms with Crippen LogP contribution in [0.15, 0.2) is 46.5 Å². The van der Waals surface area contributed by atoms with Crippen molar-refractivity contribution in [2.75, 3.05) is 5.73 Å². The van der Waals surface area contributed by atoms with E-state index in [1.54, 1.807) is 18.2 Å². The minimum absolute atomic E-state index is 0.313. The van der Waals surface area contributed by atoms with E-state index >= 15 is 0 Å². The van der Waals surface area contributed by atoms with Gasteiger partial charge in [-0.1, -0.05) is 0 Å². The first-order valence-electron chi connectivity index (χ1n) is 5.50. The summed E-state index contributed by atoms with van der Waals surface area (Å²) in [4.78, 5) is 7.66. The summed E-state index contributed by atoms with van der Waals surface area (Å²) in [6, 6.07) is 8.74. The summed E-state index contributed by atoms with van der Waals surface area (Å²) in [5.41, 5.74) is 7.83. The monoisotopic (exact) mass is 277 g/mol. The summed E-state index contributed by atoms with van der Waals surface area (Å²) in [6.45, 7) is 0. The summed E-state index contributed by atoms with van der Waals surface area (Å²) < 4.78 is 26.3. The van der Waals surface area contributed by atoms with Gasteiger partial charge in [0.25, 0.3) is 0 Å². The molecule has 1 heterocycles. The zero-order valence-corrected chi connectivity index (χ0v) is 10.5. The van der Waals surface area contributed by atoms with Gasteiger partial charge in [0.2, 0.25) is 0 Å². The molecule has 0 atom stereocenters. The predicted molar refractivity (Wildman–Crippen MR) is 71.0 cm³/mol. The van der Waals surface area contributed by atoms with Crippen LogP contribution in [0, 0.1) is 11.6 Å². The van der Waals surface area contributed by atoms with E-state index < -0.39 is 11.6 Å². The third-order valence-corrected chi connectivity index (χ3v) is 3.52. The van der Waals surface area contributed by atoms with Crippen molar-refractivity contribution in [3.63, 3.8) is 0 Å². The van der Waals surface area contributed by atoms with Gasteiger partial charge >= 0.3 is 0 Å². The number of aromatic nitrogens is 2. The van der Waals surface area contributed by atoms with Crippen molar-refractivity contribution in [1.82, 2.24) is 9.97 Å². The number of anilines is 1. The smallest absolute Gasteiger partial charge is 0.171 e. The van der Waals surface area contributed by atoms with Crippen LogP contribution in [0.4, 0.5) is 14.5 Å². The maximum absolute atomic E-state index is 13.5. The van der Waals surface area contributed by atoms with Crippen molar-refractivity contribution in [2.45, 2.75) is 10.1 Å². The highest BCUT2D eigenvalue weighted by atomic mass is 32.2. The average molecular weight is 277 g/mol. The first kappa shape index (κ1) is 12.0. The summed E-state index contributed by atoms with van der Waals surface area (Å²) in [7, 11) is 0. The van der Waals surface area contributed by atoms with Gasteiger partial charge in [0, 0.05) is 11.8 Å². The topological polar surface area (TPSA) is 54.7 Å². The molecule has 0 bridgehead atoms. The van der Waals surface area contributed by atoms with Gasteiger partial charge in [-0.25, -0.2) is 13.8 Å². The molecule has 0 amide bonds. The number of imidazole rings is 1. The number of nitrogen functional groups attached to an aromatic ring is 1. The molecule has 19 heavy (non-hydrogen) atoms. The molecule has 1 aromatic heterocycles. The molecule has 0 radical (unpaired) electrons. The summed E-state index contributed by atoms with van der Waals surface area (Å²) in [6.07, 6.45) is 0. The summed E-state index contributed by atoms with van der Waals surface area (Å²) >= 11 is 1.11. The quantitative estimate of drug-likeness (QED) is 0.704. The van der Waals surface area contributed by atoms with Gasteiger partial charge < -0.3 is 10.7 Å². The Kier molecular flexibility index (Phi) is 2.87. The second-order valence-corrected chi connectivity index (χ2v) is 5.03. The number of nitrogens with one attached hydrogen (secondary N) is 1. The van der Waals surface area contributed by atoms with Gasteiger partial charge in [0.05, 0.1) is 15.9 Å². The Morgan fingerprint density at radius 1 is 1.11 bits per heavy atom. The standard InChI is InChI=1S/C13H9F2N3S/c14-7-1-4-12(9(15)5-7)19-13-17-10-3-2-8(16)6-11(10)18-13/h1-6H,16H2,(H,17,18). The largest absolute Gasteiger partial charge is 0.399 e. The van der Waals surface area contributed by atoms with E-state index in [1.165, 1.54) is 12.1 Å². The molecule has 0 saturated heterocycles. The van der Waals surface area contributed by atoms with Crippen LogP contribution in [-0.2, 0) is 0 Å². The number of hydrogen-bond donors (Lipinski definition) is 2. The molecule has 3 nitrogen and oxygen atoms in total. The highest BCUT2D eigenvalue weighted by Crippen LogP contribution is 2.29. The molecule has 3 rings (SSSR count). The molecule has 96 valence electrons. The number of fused-ring (bicyclic) bond motifs is 1. The Balaban J connectivity index is 1.96. The van der Waals surface area contributed by atoms with Crippen LogP contribution in [0.5, 0.6) is 0 Å². The van der Waals surface area contributed by atoms with E-state index in [4.69, 9.17) is 5.73 Å². The van der Waals surface area contributed by atoms with Crippen LogP contribution < -0.4 is 5.73 Å². The molecular formula is C13H9F2N3S. The predicted octanol–water partition coefficient (Wildman–Crippen LogP) is 3.57. The second kappa shape index (κ2) is 4.55. The Hall–Kier alpha value is -2.08. The number of nitrogens with zero attached hydrogens (tertiary/aromatic N) is 1. The van der Waals surface area contributed by atoms with E-state index in [2.05, 4.69) is 9.97 Å². The summed E-state index contributed by atoms with van der Waals surface area (Å²) in [5, 5.41) is 0.533. The lowest BCUT2D eigenvalue weighted by molar-refractivity contribution is 0.565. The van der Waals surface area contributed by atoms with Crippen molar-refractivity contribution in [3.05, 3.63) is 48.0 Å². The lowest BCUT2D eigenvalue weighted by atomic mass is 10.3. The number of halogens is 2. The van der Waals surface area contributed by atoms with E-state index in [9.17, 15) is 8.78 Å². The number of benzene rings is 2. The van der Waals surface area contributed by atoms with Crippen molar-refractivity contribution in [1.29, 1.82) is 0 Å². The van der Waals surface area contributed by atoms with Crippen molar-refractivity contribution in [2.24, 2.45) is 0 Å². The lowest BCUT2D eigenvalue weighted by Crippen LogP contribution is -1.84. The van der Waals surface area contributed by atoms with Crippen LogP contribution >= 0.6 is 11.8 Å². The van der Waals surface area contributed by atoms with Crippen molar-refractivity contribution >= 4 is 28.5 Å². The van der Waals surface area contributed by atoms with Crippen molar-refractivity contribution < 1.29 is 8.78 Å². The molecular weight excluding hydrogens is 268 g/mol. The highest BCUT2D eigenvalue weighted by Gasteiger charge is 2.09. The normalized spacial score (nSPS) is 11.1. The van der Waals surface area contributed by atoms with E-state index in [-0.39, 0.29) is 0 Å². The van der Waals surface area contributed by atoms with Crippen LogP contribution in [0.25, 0.3) is 11.0 Å². The third kappa shape index (κ3) is 2.39. The van der Waals surface area contributed by atoms with Crippen LogP contribution in [-0.4, -0.2) is 9.97 Å². The van der Waals surface area contributed by atoms with Gasteiger partial charge in [-0.15, -0.1) is 0 Å². The molecule has 0 saturated carbocycles.